The molecule has 0 fully saturated rings. The summed E-state index contributed by atoms with van der Waals surface area (Å²) in [7, 11) is 0. The van der Waals surface area contributed by atoms with Crippen molar-refractivity contribution in [2.45, 2.75) is 20.3 Å². The molecule has 0 saturated heterocycles. The van der Waals surface area contributed by atoms with E-state index in [9.17, 15) is 4.79 Å². The van der Waals surface area contributed by atoms with Crippen molar-refractivity contribution < 1.29 is 9.53 Å². The summed E-state index contributed by atoms with van der Waals surface area (Å²) in [5.74, 6) is 0.739. The zero-order valence-corrected chi connectivity index (χ0v) is 17.4. The van der Waals surface area contributed by atoms with E-state index >= 15 is 0 Å². The third kappa shape index (κ3) is 5.75. The fraction of sp³-hybridized carbons (Fsp3) is 0.286. The molecule has 0 aliphatic carbocycles. The predicted octanol–water partition coefficient (Wildman–Crippen LogP) is 4.25. The lowest BCUT2D eigenvalue weighted by Crippen LogP contribution is -2.33. The van der Waals surface area contributed by atoms with Crippen LogP contribution in [0.15, 0.2) is 47.5 Å². The van der Waals surface area contributed by atoms with Gasteiger partial charge in [-0.1, -0.05) is 36.5 Å². The maximum absolute atomic E-state index is 12.3. The summed E-state index contributed by atoms with van der Waals surface area (Å²) in [4.78, 5) is 21.4. The molecule has 0 aliphatic heterocycles. The molecule has 8 heteroatoms. The Labute approximate surface area is 174 Å². The number of urea groups is 1. The van der Waals surface area contributed by atoms with Crippen molar-refractivity contribution in [1.82, 2.24) is 10.3 Å². The highest BCUT2D eigenvalue weighted by Gasteiger charge is 2.09. The van der Waals surface area contributed by atoms with Crippen LogP contribution in [0.25, 0.3) is 10.2 Å². The highest BCUT2D eigenvalue weighted by molar-refractivity contribution is 7.22. The van der Waals surface area contributed by atoms with Crippen molar-refractivity contribution in [2.75, 3.05) is 25.0 Å². The van der Waals surface area contributed by atoms with Crippen molar-refractivity contribution in [3.05, 3.63) is 48.0 Å². The van der Waals surface area contributed by atoms with Crippen LogP contribution in [0.4, 0.5) is 15.6 Å². The molecule has 7 nitrogen and oxygen atoms in total. The molecule has 1 aromatic heterocycles. The van der Waals surface area contributed by atoms with Crippen molar-refractivity contribution in [3.8, 4) is 5.75 Å². The second kappa shape index (κ2) is 9.99. The molecule has 0 spiro atoms. The number of aryl methyl sites for hydroxylation is 1. The van der Waals surface area contributed by atoms with E-state index in [2.05, 4.69) is 20.6 Å². The quantitative estimate of drug-likeness (QED) is 0.482. The van der Waals surface area contributed by atoms with Crippen LogP contribution in [-0.2, 0) is 0 Å². The highest BCUT2D eigenvalue weighted by Crippen LogP contribution is 2.29. The van der Waals surface area contributed by atoms with Gasteiger partial charge in [-0.2, -0.15) is 0 Å². The Kier molecular flexibility index (Phi) is 7.15. The first-order chi connectivity index (χ1) is 14.1. The van der Waals surface area contributed by atoms with Crippen molar-refractivity contribution in [1.29, 1.82) is 0 Å². The monoisotopic (exact) mass is 411 g/mol. The summed E-state index contributed by atoms with van der Waals surface area (Å²) in [6, 6.07) is 13.2. The zero-order valence-electron chi connectivity index (χ0n) is 16.6. The van der Waals surface area contributed by atoms with Gasteiger partial charge in [0.2, 0.25) is 0 Å². The zero-order chi connectivity index (χ0) is 20.6. The topological polar surface area (TPSA) is 102 Å². The minimum Gasteiger partial charge on any atom is -0.492 e. The third-order valence-corrected chi connectivity index (χ3v) is 5.16. The Balaban J connectivity index is 1.60. The molecule has 1 heterocycles. The van der Waals surface area contributed by atoms with Crippen molar-refractivity contribution in [2.24, 2.45) is 10.7 Å². The minimum atomic E-state index is -0.311. The molecule has 0 aliphatic rings. The van der Waals surface area contributed by atoms with E-state index < -0.39 is 0 Å². The molecule has 4 N–H and O–H groups in total. The molecule has 0 bridgehead atoms. The lowest BCUT2D eigenvalue weighted by molar-refractivity contribution is 0.253. The number of para-hydroxylation sites is 1. The van der Waals surface area contributed by atoms with Crippen molar-refractivity contribution in [3.63, 3.8) is 0 Å². The predicted molar refractivity (Wildman–Crippen MR) is 120 cm³/mol. The second-order valence-corrected chi connectivity index (χ2v) is 7.44. The van der Waals surface area contributed by atoms with Gasteiger partial charge in [-0.15, -0.1) is 0 Å². The number of fused-ring (bicyclic) bond motifs is 1. The number of aromatic nitrogens is 1. The van der Waals surface area contributed by atoms with Gasteiger partial charge in [0.1, 0.15) is 12.4 Å². The molecule has 2 aromatic carbocycles. The summed E-state index contributed by atoms with van der Waals surface area (Å²) in [6.45, 7) is 5.33. The maximum atomic E-state index is 12.3. The van der Waals surface area contributed by atoms with E-state index in [1.807, 2.05) is 56.3 Å². The van der Waals surface area contributed by atoms with Gasteiger partial charge in [0, 0.05) is 12.3 Å². The number of nitrogens with two attached hydrogens (primary N) is 1. The van der Waals surface area contributed by atoms with Gasteiger partial charge in [-0.3, -0.25) is 10.3 Å². The Morgan fingerprint density at radius 3 is 2.86 bits per heavy atom. The first kappa shape index (κ1) is 20.8. The standard InChI is InChI=1S/C21H25N5O2S/c1-3-15(24-17-7-5-4-6-14(17)2)13-23-20(27)26-21-25-18-9-8-16(28-11-10-22)12-19(18)29-21/h4-9,12H,3,10-11,13,22H2,1-2H3,(H2,23,25,26,27). The average Bonchev–Trinajstić information content (AvgIpc) is 3.12. The maximum Gasteiger partial charge on any atom is 0.321 e. The molecular formula is C21H25N5O2S. The summed E-state index contributed by atoms with van der Waals surface area (Å²) in [5, 5.41) is 6.17. The number of anilines is 1. The van der Waals surface area contributed by atoms with Crippen LogP contribution in [0.2, 0.25) is 0 Å². The lowest BCUT2D eigenvalue weighted by Gasteiger charge is -2.08. The Morgan fingerprint density at radius 1 is 1.28 bits per heavy atom. The van der Waals surface area contributed by atoms with E-state index in [0.717, 1.165) is 39.3 Å². The number of nitrogens with one attached hydrogen (secondary N) is 2. The van der Waals surface area contributed by atoms with Crippen LogP contribution in [0, 0.1) is 6.92 Å². The number of aliphatic imine (C=N–C) groups is 1. The molecule has 152 valence electrons. The smallest absolute Gasteiger partial charge is 0.321 e. The minimum absolute atomic E-state index is 0.311. The average molecular weight is 412 g/mol. The molecule has 0 radical (unpaired) electrons. The molecule has 0 atom stereocenters. The Hall–Kier alpha value is -2.97. The summed E-state index contributed by atoms with van der Waals surface area (Å²) < 4.78 is 6.46. The number of hydrogen-bond acceptors (Lipinski definition) is 6. The molecule has 2 amide bonds. The molecular weight excluding hydrogens is 386 g/mol. The second-order valence-electron chi connectivity index (χ2n) is 6.41. The first-order valence-corrected chi connectivity index (χ1v) is 10.3. The van der Waals surface area contributed by atoms with Crippen LogP contribution in [0.1, 0.15) is 18.9 Å². The number of thiazole rings is 1. The van der Waals surface area contributed by atoms with Crippen LogP contribution in [-0.4, -0.2) is 36.4 Å². The van der Waals surface area contributed by atoms with E-state index in [1.165, 1.54) is 11.3 Å². The van der Waals surface area contributed by atoms with Gasteiger partial charge in [0.25, 0.3) is 0 Å². The van der Waals surface area contributed by atoms with Gasteiger partial charge in [-0.25, -0.2) is 9.78 Å². The van der Waals surface area contributed by atoms with Gasteiger partial charge in [0.05, 0.1) is 22.4 Å². The van der Waals surface area contributed by atoms with E-state index in [4.69, 9.17) is 10.5 Å². The highest BCUT2D eigenvalue weighted by atomic mass is 32.1. The normalized spacial score (nSPS) is 11.5. The number of nitrogens with zero attached hydrogens (tertiary/aromatic N) is 2. The van der Waals surface area contributed by atoms with Gasteiger partial charge in [-0.05, 0) is 43.2 Å². The van der Waals surface area contributed by atoms with E-state index in [-0.39, 0.29) is 6.03 Å². The summed E-state index contributed by atoms with van der Waals surface area (Å²) in [5.41, 5.74) is 9.20. The number of carbonyl (C=O) groups excluding carboxylic acids is 1. The van der Waals surface area contributed by atoms with Crippen molar-refractivity contribution >= 4 is 44.1 Å². The molecule has 3 aromatic rings. The van der Waals surface area contributed by atoms with E-state index in [1.54, 1.807) is 0 Å². The number of amides is 2. The van der Waals surface area contributed by atoms with Gasteiger partial charge < -0.3 is 15.8 Å². The molecule has 0 unspecified atom stereocenters. The van der Waals surface area contributed by atoms with Crippen LogP contribution < -0.4 is 21.1 Å². The Morgan fingerprint density at radius 2 is 2.10 bits per heavy atom. The number of ether oxygens (including phenoxy) is 1. The third-order valence-electron chi connectivity index (χ3n) is 4.22. The first-order valence-electron chi connectivity index (χ1n) is 9.49. The van der Waals surface area contributed by atoms with Gasteiger partial charge in [0.15, 0.2) is 5.13 Å². The SMILES string of the molecule is CCC(CNC(=O)Nc1nc2ccc(OCCN)cc2s1)=Nc1ccccc1C. The summed E-state index contributed by atoms with van der Waals surface area (Å²) >= 11 is 1.39. The molecule has 29 heavy (non-hydrogen) atoms. The Bertz CT molecular complexity index is 1020. The fourth-order valence-corrected chi connectivity index (χ4v) is 3.54. The lowest BCUT2D eigenvalue weighted by atomic mass is 10.2. The molecule has 3 rings (SSSR count). The molecule has 0 saturated carbocycles. The van der Waals surface area contributed by atoms with Crippen LogP contribution in [0.5, 0.6) is 5.75 Å². The van der Waals surface area contributed by atoms with Crippen LogP contribution in [0.3, 0.4) is 0 Å². The number of rotatable bonds is 8. The van der Waals surface area contributed by atoms with Crippen LogP contribution >= 0.6 is 11.3 Å². The number of benzene rings is 2. The largest absolute Gasteiger partial charge is 0.492 e. The number of carbonyl (C=O) groups is 1. The fourth-order valence-electron chi connectivity index (χ4n) is 2.65. The number of hydrogen-bond donors (Lipinski definition) is 3. The van der Waals surface area contributed by atoms with E-state index in [0.29, 0.717) is 24.8 Å². The van der Waals surface area contributed by atoms with Gasteiger partial charge >= 0.3 is 6.03 Å². The summed E-state index contributed by atoms with van der Waals surface area (Å²) in [6.07, 6.45) is 0.751.